The summed E-state index contributed by atoms with van der Waals surface area (Å²) in [6, 6.07) is 0. The Morgan fingerprint density at radius 1 is 1.41 bits per heavy atom. The maximum absolute atomic E-state index is 11.6. The first-order valence-electron chi connectivity index (χ1n) is 4.99. The molecule has 17 heavy (non-hydrogen) atoms. The topological polar surface area (TPSA) is 52.1 Å². The second-order valence-electron chi connectivity index (χ2n) is 2.99. The molecule has 2 aromatic rings. The summed E-state index contributed by atoms with van der Waals surface area (Å²) in [5.74, 6) is -0.325. The van der Waals surface area contributed by atoms with E-state index in [0.717, 1.165) is 5.01 Å². The molecule has 0 radical (unpaired) electrons. The van der Waals surface area contributed by atoms with E-state index in [1.165, 1.54) is 22.7 Å². The molecular formula is C11H10N2O2S2. The lowest BCUT2D eigenvalue weighted by Crippen LogP contribution is -2.03. The van der Waals surface area contributed by atoms with Gasteiger partial charge in [-0.05, 0) is 19.1 Å². The fraction of sp³-hybridized carbons (Fsp3) is 0.182. The summed E-state index contributed by atoms with van der Waals surface area (Å²) in [6.07, 6.45) is 5.35. The molecule has 0 amide bonds. The van der Waals surface area contributed by atoms with Crippen molar-refractivity contribution >= 4 is 40.8 Å². The van der Waals surface area contributed by atoms with Crippen LogP contribution >= 0.6 is 22.7 Å². The number of ether oxygens (including phenoxy) is 1. The summed E-state index contributed by atoms with van der Waals surface area (Å²) in [6.45, 7) is 2.15. The molecule has 2 rings (SSSR count). The van der Waals surface area contributed by atoms with Gasteiger partial charge in [-0.1, -0.05) is 0 Å². The summed E-state index contributed by atoms with van der Waals surface area (Å²) in [5, 5.41) is 2.78. The zero-order valence-electron chi connectivity index (χ0n) is 9.12. The van der Waals surface area contributed by atoms with Crippen molar-refractivity contribution < 1.29 is 9.53 Å². The van der Waals surface area contributed by atoms with Gasteiger partial charge in [0.1, 0.15) is 9.88 Å². The van der Waals surface area contributed by atoms with E-state index in [-0.39, 0.29) is 5.97 Å². The first kappa shape index (κ1) is 11.9. The van der Waals surface area contributed by atoms with Gasteiger partial charge in [-0.25, -0.2) is 14.8 Å². The second kappa shape index (κ2) is 5.70. The molecule has 0 bridgehead atoms. The summed E-state index contributed by atoms with van der Waals surface area (Å²) < 4.78 is 4.95. The maximum atomic E-state index is 11.6. The molecule has 0 aromatic carbocycles. The molecule has 0 aliphatic rings. The Morgan fingerprint density at radius 3 is 3.00 bits per heavy atom. The Kier molecular flexibility index (Phi) is 4.00. The SMILES string of the molecule is CCOC(=O)c1scnc1/C=C/c1nccs1. The highest BCUT2D eigenvalue weighted by molar-refractivity contribution is 7.12. The van der Waals surface area contributed by atoms with Gasteiger partial charge in [0, 0.05) is 11.6 Å². The minimum atomic E-state index is -0.325. The number of hydrogen-bond donors (Lipinski definition) is 0. The van der Waals surface area contributed by atoms with Crippen LogP contribution < -0.4 is 0 Å². The standard InChI is InChI=1S/C11H10N2O2S2/c1-2-15-11(14)10-8(13-7-17-10)3-4-9-12-5-6-16-9/h3-7H,2H2,1H3/b4-3+. The van der Waals surface area contributed by atoms with Gasteiger partial charge in [-0.3, -0.25) is 0 Å². The molecule has 0 atom stereocenters. The van der Waals surface area contributed by atoms with Crippen LogP contribution in [0.2, 0.25) is 0 Å². The predicted octanol–water partition coefficient (Wildman–Crippen LogP) is 2.95. The van der Waals surface area contributed by atoms with E-state index in [1.54, 1.807) is 24.7 Å². The van der Waals surface area contributed by atoms with Crippen molar-refractivity contribution in [2.75, 3.05) is 6.61 Å². The fourth-order valence-electron chi connectivity index (χ4n) is 1.19. The zero-order valence-corrected chi connectivity index (χ0v) is 10.8. The van der Waals surface area contributed by atoms with Crippen LogP contribution in [-0.4, -0.2) is 22.5 Å². The number of nitrogens with zero attached hydrogens (tertiary/aromatic N) is 2. The summed E-state index contributed by atoms with van der Waals surface area (Å²) in [4.78, 5) is 20.4. The van der Waals surface area contributed by atoms with Crippen LogP contribution in [0.3, 0.4) is 0 Å². The van der Waals surface area contributed by atoms with Crippen molar-refractivity contribution in [2.24, 2.45) is 0 Å². The Labute approximate surface area is 107 Å². The minimum Gasteiger partial charge on any atom is -0.462 e. The third kappa shape index (κ3) is 2.98. The molecule has 2 aromatic heterocycles. The van der Waals surface area contributed by atoms with Crippen LogP contribution in [0, 0.1) is 0 Å². The predicted molar refractivity (Wildman–Crippen MR) is 69.1 cm³/mol. The highest BCUT2D eigenvalue weighted by Gasteiger charge is 2.13. The molecule has 0 aliphatic carbocycles. The lowest BCUT2D eigenvalue weighted by Gasteiger charge is -1.98. The van der Waals surface area contributed by atoms with Gasteiger partial charge in [-0.15, -0.1) is 22.7 Å². The quantitative estimate of drug-likeness (QED) is 0.798. The highest BCUT2D eigenvalue weighted by atomic mass is 32.1. The van der Waals surface area contributed by atoms with E-state index >= 15 is 0 Å². The molecular weight excluding hydrogens is 256 g/mol. The van der Waals surface area contributed by atoms with Gasteiger partial charge in [0.25, 0.3) is 0 Å². The third-order valence-corrected chi connectivity index (χ3v) is 3.45. The number of carbonyl (C=O) groups excluding carboxylic acids is 1. The molecule has 0 spiro atoms. The second-order valence-corrected chi connectivity index (χ2v) is 4.77. The largest absolute Gasteiger partial charge is 0.462 e. The number of esters is 1. The molecule has 0 N–H and O–H groups in total. The van der Waals surface area contributed by atoms with Gasteiger partial charge in [0.15, 0.2) is 0 Å². The smallest absolute Gasteiger partial charge is 0.350 e. The van der Waals surface area contributed by atoms with Crippen LogP contribution in [0.15, 0.2) is 17.1 Å². The molecule has 0 saturated heterocycles. The lowest BCUT2D eigenvalue weighted by molar-refractivity contribution is 0.0531. The summed E-state index contributed by atoms with van der Waals surface area (Å²) >= 11 is 2.81. The van der Waals surface area contributed by atoms with E-state index in [4.69, 9.17) is 4.74 Å². The Hall–Kier alpha value is -1.53. The van der Waals surface area contributed by atoms with Gasteiger partial charge in [0.2, 0.25) is 0 Å². The van der Waals surface area contributed by atoms with E-state index in [0.29, 0.717) is 17.2 Å². The summed E-state index contributed by atoms with van der Waals surface area (Å²) in [7, 11) is 0. The van der Waals surface area contributed by atoms with Crippen LogP contribution in [0.1, 0.15) is 27.3 Å². The number of rotatable bonds is 4. The molecule has 0 unspecified atom stereocenters. The van der Waals surface area contributed by atoms with Crippen molar-refractivity contribution in [2.45, 2.75) is 6.92 Å². The van der Waals surface area contributed by atoms with Gasteiger partial charge >= 0.3 is 5.97 Å². The number of aromatic nitrogens is 2. The third-order valence-electron chi connectivity index (χ3n) is 1.89. The fourth-order valence-corrected chi connectivity index (χ4v) is 2.39. The number of hydrogen-bond acceptors (Lipinski definition) is 6. The molecule has 0 aliphatic heterocycles. The van der Waals surface area contributed by atoms with Gasteiger partial charge < -0.3 is 4.74 Å². The Morgan fingerprint density at radius 2 is 2.29 bits per heavy atom. The lowest BCUT2D eigenvalue weighted by atomic mass is 10.3. The average Bonchev–Trinajstić information content (AvgIpc) is 2.98. The number of carbonyl (C=O) groups is 1. The zero-order chi connectivity index (χ0) is 12.1. The van der Waals surface area contributed by atoms with E-state index in [9.17, 15) is 4.79 Å². The Bertz CT molecular complexity index is 517. The van der Waals surface area contributed by atoms with Crippen LogP contribution in [0.5, 0.6) is 0 Å². The van der Waals surface area contributed by atoms with Crippen molar-refractivity contribution in [3.8, 4) is 0 Å². The van der Waals surface area contributed by atoms with Crippen molar-refractivity contribution in [1.29, 1.82) is 0 Å². The van der Waals surface area contributed by atoms with Crippen molar-refractivity contribution in [3.05, 3.63) is 32.7 Å². The maximum Gasteiger partial charge on any atom is 0.350 e. The van der Waals surface area contributed by atoms with Crippen LogP contribution in [0.25, 0.3) is 12.2 Å². The number of thiazole rings is 2. The van der Waals surface area contributed by atoms with E-state index < -0.39 is 0 Å². The van der Waals surface area contributed by atoms with Gasteiger partial charge in [-0.2, -0.15) is 0 Å². The molecule has 88 valence electrons. The first-order valence-corrected chi connectivity index (χ1v) is 6.75. The molecule has 0 fully saturated rings. The highest BCUT2D eigenvalue weighted by Crippen LogP contribution is 2.18. The van der Waals surface area contributed by atoms with Crippen LogP contribution in [0.4, 0.5) is 0 Å². The molecule has 6 heteroatoms. The van der Waals surface area contributed by atoms with Crippen molar-refractivity contribution in [3.63, 3.8) is 0 Å². The molecule has 2 heterocycles. The summed E-state index contributed by atoms with van der Waals surface area (Å²) in [5.41, 5.74) is 2.26. The van der Waals surface area contributed by atoms with E-state index in [1.807, 2.05) is 11.5 Å². The molecule has 0 saturated carbocycles. The first-order chi connectivity index (χ1) is 8.31. The van der Waals surface area contributed by atoms with Gasteiger partial charge in [0.05, 0.1) is 17.8 Å². The van der Waals surface area contributed by atoms with Crippen molar-refractivity contribution in [1.82, 2.24) is 9.97 Å². The Balaban J connectivity index is 2.17. The monoisotopic (exact) mass is 266 g/mol. The normalized spacial score (nSPS) is 10.9. The van der Waals surface area contributed by atoms with E-state index in [2.05, 4.69) is 9.97 Å². The average molecular weight is 266 g/mol. The molecule has 4 nitrogen and oxygen atoms in total. The van der Waals surface area contributed by atoms with Crippen LogP contribution in [-0.2, 0) is 4.74 Å². The minimum absolute atomic E-state index is 0.325.